The minimum Gasteiger partial charge on any atom is -0.135 e. The maximum Gasteiger partial charge on any atom is 0.105 e. The number of hydrogen-bond donors (Lipinski definition) is 0. The Morgan fingerprint density at radius 1 is 0.327 bits per heavy atom. The van der Waals surface area contributed by atoms with E-state index in [9.17, 15) is 0 Å². The van der Waals surface area contributed by atoms with E-state index in [2.05, 4.69) is 162 Å². The Hall–Kier alpha value is -6.23. The highest BCUT2D eigenvalue weighted by Gasteiger charge is 2.24. The number of hydrogen-bond acceptors (Lipinski definition) is 4. The lowest BCUT2D eigenvalue weighted by atomic mass is 9.84. The maximum absolute atomic E-state index is 4.84. The van der Waals surface area contributed by atoms with E-state index in [4.69, 9.17) is 5.10 Å². The fraction of sp³-hybridized carbons (Fsp3) is 0. The molecular formula is C45H29N3S. The second kappa shape index (κ2) is 12.4. The molecule has 0 saturated carbocycles. The number of nitrogens with zero attached hydrogens (tertiary/aromatic N) is 3. The van der Waals surface area contributed by atoms with Gasteiger partial charge in [0.25, 0.3) is 0 Å². The topological polar surface area (TPSA) is 38.7 Å². The average molecular weight is 644 g/mol. The van der Waals surface area contributed by atoms with Gasteiger partial charge in [0, 0.05) is 36.9 Å². The predicted molar refractivity (Wildman–Crippen MR) is 205 cm³/mol. The fourth-order valence-corrected chi connectivity index (χ4v) is 8.12. The van der Waals surface area contributed by atoms with Crippen LogP contribution in [0.2, 0.25) is 0 Å². The third-order valence-corrected chi connectivity index (χ3v) is 10.3. The molecule has 0 saturated heterocycles. The van der Waals surface area contributed by atoms with Crippen LogP contribution in [0.4, 0.5) is 0 Å². The minimum absolute atomic E-state index is 0.800. The Bertz CT molecular complexity index is 2590. The van der Waals surface area contributed by atoms with Crippen LogP contribution in [0.15, 0.2) is 176 Å². The van der Waals surface area contributed by atoms with Gasteiger partial charge in [-0.2, -0.15) is 0 Å². The van der Waals surface area contributed by atoms with Gasteiger partial charge in [0.05, 0.1) is 0 Å². The maximum atomic E-state index is 4.84. The van der Waals surface area contributed by atoms with Crippen molar-refractivity contribution in [3.8, 4) is 67.0 Å². The van der Waals surface area contributed by atoms with Crippen LogP contribution in [0.25, 0.3) is 87.2 Å². The molecule has 49 heavy (non-hydrogen) atoms. The highest BCUT2D eigenvalue weighted by molar-refractivity contribution is 7.26. The SMILES string of the molecule is c1ccc(-c2ccccc2-c2ccc3sc4ccccc4c3c2-c2ccccc2-c2nnnc(-c3ccccc3)c2-c2ccccc2)cc1. The first-order valence-electron chi connectivity index (χ1n) is 16.4. The minimum atomic E-state index is 0.800. The van der Waals surface area contributed by atoms with Crippen LogP contribution in [0.3, 0.4) is 0 Å². The monoisotopic (exact) mass is 643 g/mol. The number of rotatable bonds is 6. The molecule has 3 nitrogen and oxygen atoms in total. The summed E-state index contributed by atoms with van der Waals surface area (Å²) in [5, 5.41) is 16.4. The third kappa shape index (κ3) is 5.10. The van der Waals surface area contributed by atoms with Crippen molar-refractivity contribution in [2.75, 3.05) is 0 Å². The van der Waals surface area contributed by atoms with Crippen molar-refractivity contribution < 1.29 is 0 Å². The summed E-state index contributed by atoms with van der Waals surface area (Å²) in [5.41, 5.74) is 12.7. The molecule has 0 bridgehead atoms. The van der Waals surface area contributed by atoms with Gasteiger partial charge in [-0.3, -0.25) is 0 Å². The Balaban J connectivity index is 1.39. The quantitative estimate of drug-likeness (QED) is 0.181. The molecule has 230 valence electrons. The third-order valence-electron chi connectivity index (χ3n) is 9.17. The molecule has 0 amide bonds. The van der Waals surface area contributed by atoms with Crippen LogP contribution in [-0.4, -0.2) is 15.4 Å². The Morgan fingerprint density at radius 3 is 1.61 bits per heavy atom. The Labute approximate surface area is 288 Å². The normalized spacial score (nSPS) is 11.3. The van der Waals surface area contributed by atoms with Gasteiger partial charge in [0.15, 0.2) is 0 Å². The van der Waals surface area contributed by atoms with E-state index in [-0.39, 0.29) is 0 Å². The largest absolute Gasteiger partial charge is 0.135 e. The molecule has 0 radical (unpaired) electrons. The van der Waals surface area contributed by atoms with Crippen molar-refractivity contribution in [3.63, 3.8) is 0 Å². The highest BCUT2D eigenvalue weighted by Crippen LogP contribution is 2.50. The van der Waals surface area contributed by atoms with Crippen LogP contribution < -0.4 is 0 Å². The molecule has 0 aliphatic carbocycles. The first-order chi connectivity index (χ1) is 24.3. The molecule has 9 rings (SSSR count). The summed E-state index contributed by atoms with van der Waals surface area (Å²) in [7, 11) is 0. The van der Waals surface area contributed by atoms with E-state index < -0.39 is 0 Å². The number of benzene rings is 7. The zero-order chi connectivity index (χ0) is 32.6. The van der Waals surface area contributed by atoms with E-state index in [1.165, 1.54) is 48.0 Å². The van der Waals surface area contributed by atoms with Crippen LogP contribution in [0.1, 0.15) is 0 Å². The summed E-state index contributed by atoms with van der Waals surface area (Å²) in [5.74, 6) is 0. The van der Waals surface area contributed by atoms with Gasteiger partial charge in [-0.25, -0.2) is 0 Å². The molecule has 2 heterocycles. The number of fused-ring (bicyclic) bond motifs is 3. The molecule has 4 heteroatoms. The van der Waals surface area contributed by atoms with Gasteiger partial charge in [-0.15, -0.1) is 21.5 Å². The highest BCUT2D eigenvalue weighted by atomic mass is 32.1. The smallest absolute Gasteiger partial charge is 0.105 e. The van der Waals surface area contributed by atoms with Crippen LogP contribution >= 0.6 is 11.3 Å². The van der Waals surface area contributed by atoms with E-state index >= 15 is 0 Å². The molecule has 0 spiro atoms. The summed E-state index contributed by atoms with van der Waals surface area (Å²) in [6.45, 7) is 0. The van der Waals surface area contributed by atoms with Crippen molar-refractivity contribution in [1.29, 1.82) is 0 Å². The van der Waals surface area contributed by atoms with E-state index in [0.717, 1.165) is 39.2 Å². The van der Waals surface area contributed by atoms with Gasteiger partial charge < -0.3 is 0 Å². The lowest BCUT2D eigenvalue weighted by Gasteiger charge is -2.20. The van der Waals surface area contributed by atoms with Crippen molar-refractivity contribution in [3.05, 3.63) is 176 Å². The van der Waals surface area contributed by atoms with Crippen molar-refractivity contribution >= 4 is 31.5 Å². The standard InChI is InChI=1S/C45H29N3S/c1-4-16-30(17-5-1)33-22-10-11-23-34(33)36-28-29-40-43(38-26-14-15-27-39(38)49-40)42(36)35-24-12-13-25-37(35)45-41(31-18-6-2-7-19-31)44(46-48-47-45)32-20-8-3-9-21-32/h1-29H. The average Bonchev–Trinajstić information content (AvgIpc) is 3.57. The zero-order valence-corrected chi connectivity index (χ0v) is 27.3. The molecule has 7 aromatic carbocycles. The first kappa shape index (κ1) is 29.0. The molecule has 0 aliphatic rings. The summed E-state index contributed by atoms with van der Waals surface area (Å²) in [4.78, 5) is 0. The summed E-state index contributed by atoms with van der Waals surface area (Å²) < 4.78 is 2.52. The van der Waals surface area contributed by atoms with Gasteiger partial charge in [-0.05, 0) is 56.3 Å². The Morgan fingerprint density at radius 2 is 0.878 bits per heavy atom. The lowest BCUT2D eigenvalue weighted by molar-refractivity contribution is 0.879. The van der Waals surface area contributed by atoms with E-state index in [0.29, 0.717) is 0 Å². The van der Waals surface area contributed by atoms with Crippen LogP contribution in [0.5, 0.6) is 0 Å². The fourth-order valence-electron chi connectivity index (χ4n) is 7.00. The second-order valence-corrected chi connectivity index (χ2v) is 13.1. The molecule has 0 atom stereocenters. The molecular weight excluding hydrogens is 615 g/mol. The molecule has 0 unspecified atom stereocenters. The molecule has 0 N–H and O–H groups in total. The second-order valence-electron chi connectivity index (χ2n) is 12.0. The first-order valence-corrected chi connectivity index (χ1v) is 17.2. The van der Waals surface area contributed by atoms with E-state index in [1.54, 1.807) is 0 Å². The molecule has 9 aromatic rings. The van der Waals surface area contributed by atoms with E-state index in [1.807, 2.05) is 35.6 Å². The summed E-state index contributed by atoms with van der Waals surface area (Å²) in [6, 6.07) is 62.1. The molecule has 2 aromatic heterocycles. The van der Waals surface area contributed by atoms with Gasteiger partial charge in [0.1, 0.15) is 11.4 Å². The molecule has 0 fully saturated rings. The van der Waals surface area contributed by atoms with Crippen molar-refractivity contribution in [2.24, 2.45) is 0 Å². The zero-order valence-electron chi connectivity index (χ0n) is 26.5. The molecule has 0 aliphatic heterocycles. The number of aromatic nitrogens is 3. The predicted octanol–water partition coefficient (Wildman–Crippen LogP) is 12.2. The Kier molecular flexibility index (Phi) is 7.34. The van der Waals surface area contributed by atoms with Crippen molar-refractivity contribution in [1.82, 2.24) is 15.4 Å². The number of thiophene rings is 1. The van der Waals surface area contributed by atoms with Crippen LogP contribution in [-0.2, 0) is 0 Å². The van der Waals surface area contributed by atoms with Gasteiger partial charge >= 0.3 is 0 Å². The van der Waals surface area contributed by atoms with Crippen LogP contribution in [0, 0.1) is 0 Å². The summed E-state index contributed by atoms with van der Waals surface area (Å²) in [6.07, 6.45) is 0. The van der Waals surface area contributed by atoms with Gasteiger partial charge in [0.2, 0.25) is 0 Å². The van der Waals surface area contributed by atoms with Crippen molar-refractivity contribution in [2.45, 2.75) is 0 Å². The lowest BCUT2D eigenvalue weighted by Crippen LogP contribution is -2.01. The van der Waals surface area contributed by atoms with Gasteiger partial charge in [-0.1, -0.05) is 164 Å². The summed E-state index contributed by atoms with van der Waals surface area (Å²) >= 11 is 1.84.